The normalized spacial score (nSPS) is 16.9. The summed E-state index contributed by atoms with van der Waals surface area (Å²) in [6.45, 7) is 1.80. The quantitative estimate of drug-likeness (QED) is 0.926. The molecule has 1 amide bonds. The molecule has 1 aromatic carbocycles. The highest BCUT2D eigenvalue weighted by atomic mass is 19.4. The molecule has 6 heteroatoms. The van der Waals surface area contributed by atoms with Gasteiger partial charge in [-0.2, -0.15) is 13.2 Å². The zero-order chi connectivity index (χ0) is 14.6. The van der Waals surface area contributed by atoms with E-state index >= 15 is 0 Å². The first-order valence-electron chi connectivity index (χ1n) is 6.65. The Balaban J connectivity index is 2.00. The fraction of sp³-hybridized carbons (Fsp3) is 0.500. The predicted molar refractivity (Wildman–Crippen MR) is 70.4 cm³/mol. The molecule has 1 heterocycles. The second kappa shape index (κ2) is 6.26. The van der Waals surface area contributed by atoms with Crippen LogP contribution in [0, 0.1) is 0 Å². The van der Waals surface area contributed by atoms with Crippen LogP contribution in [0.2, 0.25) is 0 Å². The van der Waals surface area contributed by atoms with Crippen LogP contribution in [0.5, 0.6) is 0 Å². The molecule has 0 radical (unpaired) electrons. The van der Waals surface area contributed by atoms with Crippen LogP contribution in [0.4, 0.5) is 18.9 Å². The number of para-hydroxylation sites is 1. The molecule has 1 fully saturated rings. The lowest BCUT2D eigenvalue weighted by Crippen LogP contribution is -2.37. The van der Waals surface area contributed by atoms with Crippen LogP contribution in [-0.4, -0.2) is 30.4 Å². The van der Waals surface area contributed by atoms with E-state index in [0.717, 1.165) is 38.4 Å². The first-order chi connectivity index (χ1) is 9.47. The number of rotatable bonds is 3. The SMILES string of the molecule is O=C(CN1CCCCC1)Nc1ccccc1C(F)(F)F. The van der Waals surface area contributed by atoms with Gasteiger partial charge < -0.3 is 5.32 Å². The Hall–Kier alpha value is -1.56. The van der Waals surface area contributed by atoms with Crippen molar-refractivity contribution in [3.05, 3.63) is 29.8 Å². The maximum absolute atomic E-state index is 12.8. The number of nitrogens with one attached hydrogen (secondary N) is 1. The van der Waals surface area contributed by atoms with Crippen molar-refractivity contribution in [2.75, 3.05) is 25.0 Å². The number of alkyl halides is 3. The molecule has 0 aromatic heterocycles. The maximum Gasteiger partial charge on any atom is 0.418 e. The Morgan fingerprint density at radius 1 is 1.15 bits per heavy atom. The summed E-state index contributed by atoms with van der Waals surface area (Å²) in [5.41, 5.74) is -0.992. The van der Waals surface area contributed by atoms with Gasteiger partial charge in [0.15, 0.2) is 0 Å². The minimum Gasteiger partial charge on any atom is -0.324 e. The van der Waals surface area contributed by atoms with Gasteiger partial charge in [-0.15, -0.1) is 0 Å². The fourth-order valence-corrected chi connectivity index (χ4v) is 2.35. The van der Waals surface area contributed by atoms with Crippen LogP contribution in [0.1, 0.15) is 24.8 Å². The zero-order valence-electron chi connectivity index (χ0n) is 11.0. The van der Waals surface area contributed by atoms with Gasteiger partial charge in [-0.1, -0.05) is 18.6 Å². The van der Waals surface area contributed by atoms with Crippen molar-refractivity contribution < 1.29 is 18.0 Å². The molecule has 1 N–H and O–H groups in total. The molecular formula is C14H17F3N2O. The number of piperidine rings is 1. The van der Waals surface area contributed by atoms with Crippen molar-refractivity contribution >= 4 is 11.6 Å². The third-order valence-electron chi connectivity index (χ3n) is 3.32. The van der Waals surface area contributed by atoms with Crippen molar-refractivity contribution in [2.45, 2.75) is 25.4 Å². The number of hydrogen-bond acceptors (Lipinski definition) is 2. The number of hydrogen-bond donors (Lipinski definition) is 1. The van der Waals surface area contributed by atoms with Crippen LogP contribution in [0.15, 0.2) is 24.3 Å². The maximum atomic E-state index is 12.8. The first kappa shape index (κ1) is 14.8. The number of carbonyl (C=O) groups is 1. The van der Waals surface area contributed by atoms with E-state index < -0.39 is 17.6 Å². The Labute approximate surface area is 115 Å². The van der Waals surface area contributed by atoms with Crippen LogP contribution in [-0.2, 0) is 11.0 Å². The highest BCUT2D eigenvalue weighted by Crippen LogP contribution is 2.34. The second-order valence-corrected chi connectivity index (χ2v) is 4.93. The highest BCUT2D eigenvalue weighted by molar-refractivity contribution is 5.93. The van der Waals surface area contributed by atoms with Gasteiger partial charge in [0.2, 0.25) is 5.91 Å². The molecule has 20 heavy (non-hydrogen) atoms. The number of carbonyl (C=O) groups excluding carboxylic acids is 1. The Morgan fingerprint density at radius 3 is 2.45 bits per heavy atom. The summed E-state index contributed by atoms with van der Waals surface area (Å²) in [7, 11) is 0. The Kier molecular flexibility index (Phi) is 4.65. The van der Waals surface area contributed by atoms with E-state index in [2.05, 4.69) is 5.32 Å². The monoisotopic (exact) mass is 286 g/mol. The molecular weight excluding hydrogens is 269 g/mol. The lowest BCUT2D eigenvalue weighted by molar-refractivity contribution is -0.137. The van der Waals surface area contributed by atoms with E-state index in [1.807, 2.05) is 4.90 Å². The van der Waals surface area contributed by atoms with E-state index in [-0.39, 0.29) is 12.2 Å². The number of benzene rings is 1. The van der Waals surface area contributed by atoms with Gasteiger partial charge in [-0.05, 0) is 38.1 Å². The Bertz CT molecular complexity index is 468. The van der Waals surface area contributed by atoms with Crippen molar-refractivity contribution in [2.24, 2.45) is 0 Å². The van der Waals surface area contributed by atoms with Crippen molar-refractivity contribution in [1.82, 2.24) is 4.90 Å². The summed E-state index contributed by atoms with van der Waals surface area (Å²) in [5, 5.41) is 2.36. The predicted octanol–water partition coefficient (Wildman–Crippen LogP) is 3.13. The third kappa shape index (κ3) is 3.96. The van der Waals surface area contributed by atoms with Crippen molar-refractivity contribution in [1.29, 1.82) is 0 Å². The fourth-order valence-electron chi connectivity index (χ4n) is 2.35. The summed E-state index contributed by atoms with van der Waals surface area (Å²) in [6.07, 6.45) is -1.25. The lowest BCUT2D eigenvalue weighted by Gasteiger charge is -2.25. The van der Waals surface area contributed by atoms with Crippen LogP contribution in [0.25, 0.3) is 0 Å². The molecule has 0 bridgehead atoms. The van der Waals surface area contributed by atoms with Gasteiger partial charge in [0.05, 0.1) is 17.8 Å². The van der Waals surface area contributed by atoms with Crippen LogP contribution in [0.3, 0.4) is 0 Å². The van der Waals surface area contributed by atoms with Gasteiger partial charge in [0, 0.05) is 0 Å². The molecule has 0 aliphatic carbocycles. The number of amides is 1. The average Bonchev–Trinajstić information content (AvgIpc) is 2.39. The molecule has 0 atom stereocenters. The number of halogens is 3. The first-order valence-corrected chi connectivity index (χ1v) is 6.65. The summed E-state index contributed by atoms with van der Waals surface area (Å²) >= 11 is 0. The molecule has 1 aliphatic heterocycles. The second-order valence-electron chi connectivity index (χ2n) is 4.93. The molecule has 0 spiro atoms. The van der Waals surface area contributed by atoms with E-state index in [9.17, 15) is 18.0 Å². The van der Waals surface area contributed by atoms with Gasteiger partial charge in [-0.25, -0.2) is 0 Å². The van der Waals surface area contributed by atoms with Gasteiger partial charge in [0.25, 0.3) is 0 Å². The van der Waals surface area contributed by atoms with Gasteiger partial charge in [0.1, 0.15) is 0 Å². The zero-order valence-corrected chi connectivity index (χ0v) is 11.0. The van der Waals surface area contributed by atoms with Crippen molar-refractivity contribution in [3.8, 4) is 0 Å². The summed E-state index contributed by atoms with van der Waals surface area (Å²) in [6, 6.07) is 5.03. The molecule has 1 saturated heterocycles. The van der Waals surface area contributed by atoms with E-state index in [1.165, 1.54) is 18.2 Å². The smallest absolute Gasteiger partial charge is 0.324 e. The molecule has 0 unspecified atom stereocenters. The average molecular weight is 286 g/mol. The van der Waals surface area contributed by atoms with Crippen LogP contribution >= 0.6 is 0 Å². The Morgan fingerprint density at radius 2 is 1.80 bits per heavy atom. The standard InChI is InChI=1S/C14H17F3N2O/c15-14(16,17)11-6-2-3-7-12(11)18-13(20)10-19-8-4-1-5-9-19/h2-3,6-7H,1,4-5,8-10H2,(H,18,20). The number of anilines is 1. The lowest BCUT2D eigenvalue weighted by atomic mass is 10.1. The largest absolute Gasteiger partial charge is 0.418 e. The topological polar surface area (TPSA) is 32.3 Å². The summed E-state index contributed by atoms with van der Waals surface area (Å²) in [5.74, 6) is -0.399. The van der Waals surface area contributed by atoms with Gasteiger partial charge in [-0.3, -0.25) is 9.69 Å². The number of likely N-dealkylation sites (tertiary alicyclic amines) is 1. The minimum atomic E-state index is -4.46. The third-order valence-corrected chi connectivity index (χ3v) is 3.32. The molecule has 2 rings (SSSR count). The van der Waals surface area contributed by atoms with Crippen molar-refractivity contribution in [3.63, 3.8) is 0 Å². The molecule has 110 valence electrons. The molecule has 3 nitrogen and oxygen atoms in total. The highest BCUT2D eigenvalue weighted by Gasteiger charge is 2.33. The minimum absolute atomic E-state index is 0.145. The van der Waals surface area contributed by atoms with E-state index in [0.29, 0.717) is 0 Å². The molecule has 1 aliphatic rings. The number of nitrogens with zero attached hydrogens (tertiary/aromatic N) is 1. The molecule has 0 saturated carbocycles. The van der Waals surface area contributed by atoms with E-state index in [1.54, 1.807) is 0 Å². The molecule has 1 aromatic rings. The summed E-state index contributed by atoms with van der Waals surface area (Å²) in [4.78, 5) is 13.8. The van der Waals surface area contributed by atoms with E-state index in [4.69, 9.17) is 0 Å². The van der Waals surface area contributed by atoms with Crippen LogP contribution < -0.4 is 5.32 Å². The summed E-state index contributed by atoms with van der Waals surface area (Å²) < 4.78 is 38.4. The van der Waals surface area contributed by atoms with Gasteiger partial charge >= 0.3 is 6.18 Å².